The minimum absolute atomic E-state index is 0.131. The summed E-state index contributed by atoms with van der Waals surface area (Å²) in [5.41, 5.74) is 7.80. The van der Waals surface area contributed by atoms with Crippen LogP contribution in [-0.4, -0.2) is 54.3 Å². The van der Waals surface area contributed by atoms with Gasteiger partial charge in [-0.15, -0.1) is 0 Å². The molecule has 1 saturated heterocycles. The van der Waals surface area contributed by atoms with E-state index in [-0.39, 0.29) is 12.3 Å². The van der Waals surface area contributed by atoms with Crippen molar-refractivity contribution in [3.05, 3.63) is 58.6 Å². The van der Waals surface area contributed by atoms with Crippen LogP contribution in [0.5, 0.6) is 0 Å². The monoisotopic (exact) mass is 522 g/mol. The Hall–Kier alpha value is -2.92. The smallest absolute Gasteiger partial charge is 0.164 e. The highest BCUT2D eigenvalue weighted by Gasteiger charge is 2.61. The third kappa shape index (κ3) is 2.96. The van der Waals surface area contributed by atoms with Crippen molar-refractivity contribution in [2.45, 2.75) is 37.6 Å². The van der Waals surface area contributed by atoms with Crippen molar-refractivity contribution >= 4 is 49.5 Å². The fourth-order valence-electron chi connectivity index (χ4n) is 5.58. The Morgan fingerprint density at radius 1 is 1.24 bits per heavy atom. The number of pyridine rings is 1. The van der Waals surface area contributed by atoms with Crippen molar-refractivity contribution in [3.8, 4) is 0 Å². The van der Waals surface area contributed by atoms with Gasteiger partial charge in [0.25, 0.3) is 0 Å². The fraction of sp³-hybridized carbons (Fsp3) is 0.333. The zero-order valence-corrected chi connectivity index (χ0v) is 19.9. The van der Waals surface area contributed by atoms with Crippen LogP contribution in [0.3, 0.4) is 0 Å². The van der Waals surface area contributed by atoms with Crippen LogP contribution in [0.4, 0.5) is 5.82 Å². The quantitative estimate of drug-likeness (QED) is 0.314. The molecule has 1 aliphatic heterocycles. The fourth-order valence-corrected chi connectivity index (χ4v) is 5.91. The molecule has 2 aliphatic rings. The number of aromatic nitrogens is 4. The van der Waals surface area contributed by atoms with Gasteiger partial charge in [-0.2, -0.15) is 0 Å². The summed E-state index contributed by atoms with van der Waals surface area (Å²) in [6.07, 6.45) is 1.32. The molecule has 5 unspecified atom stereocenters. The van der Waals surface area contributed by atoms with Gasteiger partial charge in [0.1, 0.15) is 23.9 Å². The summed E-state index contributed by atoms with van der Waals surface area (Å²) < 4.78 is 2.57. The number of ketones is 1. The Balaban J connectivity index is 1.35. The van der Waals surface area contributed by atoms with Crippen molar-refractivity contribution in [2.75, 3.05) is 12.3 Å². The molecular formula is C24H23BrN6O3. The first-order valence-corrected chi connectivity index (χ1v) is 11.9. The van der Waals surface area contributed by atoms with Gasteiger partial charge in [0.2, 0.25) is 0 Å². The van der Waals surface area contributed by atoms with E-state index in [0.717, 1.165) is 22.0 Å². The molecule has 1 aliphatic carbocycles. The summed E-state index contributed by atoms with van der Waals surface area (Å²) in [5.74, 6) is 0.246. The molecule has 10 heteroatoms. The number of carbonyl (C=O) groups is 1. The summed E-state index contributed by atoms with van der Waals surface area (Å²) in [5, 5.41) is 27.2. The van der Waals surface area contributed by atoms with Crippen molar-refractivity contribution in [1.82, 2.24) is 24.8 Å². The van der Waals surface area contributed by atoms with E-state index in [9.17, 15) is 15.0 Å². The maximum absolute atomic E-state index is 13.8. The summed E-state index contributed by atoms with van der Waals surface area (Å²) >= 11 is 3.39. The number of nitrogens with zero attached hydrogens (tertiary/aromatic N) is 4. The van der Waals surface area contributed by atoms with Crippen LogP contribution in [0.15, 0.2) is 47.3 Å². The van der Waals surface area contributed by atoms with Gasteiger partial charge in [0, 0.05) is 23.5 Å². The van der Waals surface area contributed by atoms with Crippen LogP contribution < -0.4 is 11.1 Å². The number of aryl methyl sites for hydroxylation is 1. The molecule has 6 rings (SSSR count). The van der Waals surface area contributed by atoms with Crippen molar-refractivity contribution < 1.29 is 15.0 Å². The molecule has 4 aromatic rings. The number of fused-ring (bicyclic) bond motifs is 2. The predicted molar refractivity (Wildman–Crippen MR) is 130 cm³/mol. The SMILES string of the molecule is Cc1ncnc2c1ccn2C1CC2(CNC(c3ccc4cc(Br)c(N)nc4c3)C2=O)C(O)C1O. The number of carbonyl (C=O) groups excluding carboxylic acids is 1. The lowest BCUT2D eigenvalue weighted by atomic mass is 9.79. The van der Waals surface area contributed by atoms with Gasteiger partial charge >= 0.3 is 0 Å². The van der Waals surface area contributed by atoms with Crippen LogP contribution in [0, 0.1) is 12.3 Å². The van der Waals surface area contributed by atoms with Gasteiger partial charge in [-0.3, -0.25) is 4.79 Å². The van der Waals surface area contributed by atoms with E-state index in [1.807, 2.05) is 48.0 Å². The topological polar surface area (TPSA) is 139 Å². The summed E-state index contributed by atoms with van der Waals surface area (Å²) in [6, 6.07) is 8.33. The lowest BCUT2D eigenvalue weighted by molar-refractivity contribution is -0.132. The Bertz CT molecular complexity index is 1470. The minimum atomic E-state index is -1.20. The van der Waals surface area contributed by atoms with Crippen molar-refractivity contribution in [2.24, 2.45) is 5.41 Å². The second-order valence-corrected chi connectivity index (χ2v) is 10.1. The number of hydrogen-bond donors (Lipinski definition) is 4. The Morgan fingerprint density at radius 3 is 2.88 bits per heavy atom. The normalized spacial score (nSPS) is 29.1. The van der Waals surface area contributed by atoms with Crippen LogP contribution in [0.25, 0.3) is 21.9 Å². The second-order valence-electron chi connectivity index (χ2n) is 9.27. The number of nitrogen functional groups attached to an aromatic ring is 1. The highest BCUT2D eigenvalue weighted by Crippen LogP contribution is 2.50. The van der Waals surface area contributed by atoms with E-state index in [0.29, 0.717) is 27.9 Å². The Morgan fingerprint density at radius 2 is 2.06 bits per heavy atom. The Kier molecular flexibility index (Phi) is 4.79. The first-order valence-electron chi connectivity index (χ1n) is 11.1. The van der Waals surface area contributed by atoms with Crippen molar-refractivity contribution in [3.63, 3.8) is 0 Å². The molecule has 1 saturated carbocycles. The van der Waals surface area contributed by atoms with Gasteiger partial charge in [0.15, 0.2) is 5.78 Å². The number of hydrogen-bond acceptors (Lipinski definition) is 8. The first-order chi connectivity index (χ1) is 16.3. The largest absolute Gasteiger partial charge is 0.389 e. The molecule has 1 aromatic carbocycles. The number of Topliss-reactive ketones (excluding diaryl/α,β-unsaturated/α-hetero) is 1. The van der Waals surface area contributed by atoms with E-state index in [2.05, 4.69) is 36.2 Å². The molecule has 3 aromatic heterocycles. The van der Waals surface area contributed by atoms with Crippen LogP contribution in [-0.2, 0) is 4.79 Å². The van der Waals surface area contributed by atoms with Crippen LogP contribution in [0.2, 0.25) is 0 Å². The van der Waals surface area contributed by atoms with Gasteiger partial charge in [-0.25, -0.2) is 15.0 Å². The van der Waals surface area contributed by atoms with Crippen LogP contribution >= 0.6 is 15.9 Å². The lowest BCUT2D eigenvalue weighted by Crippen LogP contribution is -2.42. The van der Waals surface area contributed by atoms with E-state index in [1.165, 1.54) is 6.33 Å². The summed E-state index contributed by atoms with van der Waals surface area (Å²) in [6.45, 7) is 2.17. The third-order valence-corrected chi connectivity index (χ3v) is 8.09. The first kappa shape index (κ1) is 21.6. The van der Waals surface area contributed by atoms with Crippen LogP contribution in [0.1, 0.15) is 29.8 Å². The van der Waals surface area contributed by atoms with Gasteiger partial charge in [-0.1, -0.05) is 12.1 Å². The second kappa shape index (κ2) is 7.54. The number of aliphatic hydroxyl groups is 2. The molecule has 0 amide bonds. The zero-order chi connectivity index (χ0) is 23.8. The average Bonchev–Trinajstić information content (AvgIpc) is 3.46. The number of nitrogens with two attached hydrogens (primary N) is 1. The minimum Gasteiger partial charge on any atom is -0.389 e. The molecule has 9 nitrogen and oxygen atoms in total. The summed E-state index contributed by atoms with van der Waals surface area (Å²) in [7, 11) is 0. The zero-order valence-electron chi connectivity index (χ0n) is 18.3. The van der Waals surface area contributed by atoms with Gasteiger partial charge in [-0.05, 0) is 53.0 Å². The molecular weight excluding hydrogens is 500 g/mol. The average molecular weight is 523 g/mol. The molecule has 34 heavy (non-hydrogen) atoms. The highest BCUT2D eigenvalue weighted by molar-refractivity contribution is 9.10. The highest BCUT2D eigenvalue weighted by atomic mass is 79.9. The van der Waals surface area contributed by atoms with Crippen molar-refractivity contribution in [1.29, 1.82) is 0 Å². The molecule has 0 bridgehead atoms. The Labute approximate surface area is 203 Å². The number of anilines is 1. The van der Waals surface area contributed by atoms with Gasteiger partial charge < -0.3 is 25.8 Å². The molecule has 5 N–H and O–H groups in total. The maximum Gasteiger partial charge on any atom is 0.164 e. The molecule has 174 valence electrons. The predicted octanol–water partition coefficient (Wildman–Crippen LogP) is 2.20. The standard InChI is InChI=1S/C24H23BrN6O3/c1-11-14-4-5-31(23(14)29-10-28-11)17-8-24(21(34)19(17)32)9-27-18(20(24)33)13-3-2-12-6-15(25)22(26)30-16(12)7-13/h2-7,10,17-19,21,27,32,34H,8-9H2,1H3,(H2,26,30). The third-order valence-electron chi connectivity index (χ3n) is 7.45. The van der Waals surface area contributed by atoms with E-state index in [4.69, 9.17) is 5.73 Å². The van der Waals surface area contributed by atoms with E-state index >= 15 is 0 Å². The van der Waals surface area contributed by atoms with E-state index < -0.39 is 29.7 Å². The molecule has 0 radical (unpaired) electrons. The molecule has 5 atom stereocenters. The number of aliphatic hydroxyl groups excluding tert-OH is 2. The number of rotatable bonds is 2. The lowest BCUT2D eigenvalue weighted by Gasteiger charge is -2.25. The maximum atomic E-state index is 13.8. The number of benzene rings is 1. The number of nitrogens with one attached hydrogen (secondary N) is 1. The van der Waals surface area contributed by atoms with E-state index in [1.54, 1.807) is 0 Å². The molecule has 2 fully saturated rings. The summed E-state index contributed by atoms with van der Waals surface area (Å²) in [4.78, 5) is 26.8. The molecule has 1 spiro atoms. The van der Waals surface area contributed by atoms with Gasteiger partial charge in [0.05, 0.1) is 39.3 Å². The molecule has 4 heterocycles. The number of halogens is 1.